The first-order valence-corrected chi connectivity index (χ1v) is 7.41. The van der Waals surface area contributed by atoms with Crippen molar-refractivity contribution in [3.8, 4) is 11.1 Å². The first-order chi connectivity index (χ1) is 9.88. The normalized spacial score (nSPS) is 21.9. The monoisotopic (exact) mass is 265 g/mol. The first kappa shape index (κ1) is 12.1. The smallest absolute Gasteiger partial charge is 0.0614 e. The second-order valence-corrected chi connectivity index (χ2v) is 5.91. The molecule has 0 bridgehead atoms. The Morgan fingerprint density at radius 1 is 0.950 bits per heavy atom. The molecule has 1 saturated heterocycles. The second-order valence-electron chi connectivity index (χ2n) is 5.91. The number of rotatable bonds is 2. The van der Waals surface area contributed by atoms with Crippen molar-refractivity contribution in [2.24, 2.45) is 5.92 Å². The van der Waals surface area contributed by atoms with Gasteiger partial charge in [0.1, 0.15) is 0 Å². The molecule has 1 fully saturated rings. The standard InChI is InChI=1S/C18H19NO/c20-12-13-9-10-19(11-13)18-16-7-3-1-5-14(16)15-6-2-4-8-17(15)18/h1-8,13,18,20H,9-12H2. The zero-order chi connectivity index (χ0) is 13.5. The van der Waals surface area contributed by atoms with Gasteiger partial charge in [-0.25, -0.2) is 0 Å². The quantitative estimate of drug-likeness (QED) is 0.902. The molecule has 102 valence electrons. The Kier molecular flexibility index (Phi) is 2.86. The van der Waals surface area contributed by atoms with Crippen molar-refractivity contribution in [3.05, 3.63) is 59.7 Å². The highest BCUT2D eigenvalue weighted by Gasteiger charge is 2.35. The molecule has 0 saturated carbocycles. The van der Waals surface area contributed by atoms with Crippen LogP contribution in [0.2, 0.25) is 0 Å². The van der Waals surface area contributed by atoms with Crippen LogP contribution < -0.4 is 0 Å². The molecule has 1 unspecified atom stereocenters. The van der Waals surface area contributed by atoms with Crippen molar-refractivity contribution in [2.45, 2.75) is 12.5 Å². The maximum absolute atomic E-state index is 9.39. The van der Waals surface area contributed by atoms with Crippen molar-refractivity contribution in [2.75, 3.05) is 19.7 Å². The fourth-order valence-corrected chi connectivity index (χ4v) is 3.77. The Morgan fingerprint density at radius 3 is 2.10 bits per heavy atom. The van der Waals surface area contributed by atoms with Gasteiger partial charge in [-0.15, -0.1) is 0 Å². The zero-order valence-corrected chi connectivity index (χ0v) is 11.5. The number of aliphatic hydroxyl groups is 1. The fraction of sp³-hybridized carbons (Fsp3) is 0.333. The first-order valence-electron chi connectivity index (χ1n) is 7.41. The number of hydrogen-bond acceptors (Lipinski definition) is 2. The van der Waals surface area contributed by atoms with Crippen LogP contribution in [0.5, 0.6) is 0 Å². The van der Waals surface area contributed by atoms with Crippen LogP contribution in [0.25, 0.3) is 11.1 Å². The van der Waals surface area contributed by atoms with E-state index in [0.29, 0.717) is 18.6 Å². The van der Waals surface area contributed by atoms with E-state index in [4.69, 9.17) is 0 Å². The summed E-state index contributed by atoms with van der Waals surface area (Å²) in [4.78, 5) is 2.53. The van der Waals surface area contributed by atoms with Gasteiger partial charge in [-0.1, -0.05) is 48.5 Å². The SMILES string of the molecule is OCC1CCN(C2c3ccccc3-c3ccccc32)C1. The van der Waals surface area contributed by atoms with Crippen LogP contribution in [0.3, 0.4) is 0 Å². The van der Waals surface area contributed by atoms with Crippen molar-refractivity contribution in [1.82, 2.24) is 4.90 Å². The molecule has 0 amide bonds. The molecule has 0 spiro atoms. The lowest BCUT2D eigenvalue weighted by molar-refractivity contribution is 0.211. The van der Waals surface area contributed by atoms with Gasteiger partial charge in [-0.05, 0) is 41.1 Å². The Labute approximate surface area is 119 Å². The molecule has 1 N–H and O–H groups in total. The van der Waals surface area contributed by atoms with E-state index in [2.05, 4.69) is 53.4 Å². The zero-order valence-electron chi connectivity index (χ0n) is 11.5. The predicted octanol–water partition coefficient (Wildman–Crippen LogP) is 3.07. The average Bonchev–Trinajstić information content (AvgIpc) is 3.09. The topological polar surface area (TPSA) is 23.5 Å². The Balaban J connectivity index is 1.80. The molecule has 1 heterocycles. The summed E-state index contributed by atoms with van der Waals surface area (Å²) in [5, 5.41) is 9.39. The van der Waals surface area contributed by atoms with Crippen molar-refractivity contribution >= 4 is 0 Å². The van der Waals surface area contributed by atoms with E-state index < -0.39 is 0 Å². The van der Waals surface area contributed by atoms with Crippen LogP contribution in [-0.4, -0.2) is 29.7 Å². The van der Waals surface area contributed by atoms with Crippen LogP contribution in [0, 0.1) is 5.92 Å². The highest BCUT2D eigenvalue weighted by Crippen LogP contribution is 2.47. The minimum absolute atomic E-state index is 0.312. The number of likely N-dealkylation sites (tertiary alicyclic amines) is 1. The van der Waals surface area contributed by atoms with Gasteiger partial charge in [0.05, 0.1) is 6.04 Å². The van der Waals surface area contributed by atoms with E-state index >= 15 is 0 Å². The molecular formula is C18H19NO. The maximum atomic E-state index is 9.39. The number of benzene rings is 2. The molecule has 1 aliphatic heterocycles. The maximum Gasteiger partial charge on any atom is 0.0614 e. The second kappa shape index (κ2) is 4.72. The van der Waals surface area contributed by atoms with Crippen LogP contribution in [-0.2, 0) is 0 Å². The number of aliphatic hydroxyl groups excluding tert-OH is 1. The predicted molar refractivity (Wildman–Crippen MR) is 80.5 cm³/mol. The van der Waals surface area contributed by atoms with Gasteiger partial charge >= 0.3 is 0 Å². The van der Waals surface area contributed by atoms with E-state index in [9.17, 15) is 5.11 Å². The summed E-state index contributed by atoms with van der Waals surface area (Å²) in [5.74, 6) is 0.440. The van der Waals surface area contributed by atoms with Gasteiger partial charge in [0.2, 0.25) is 0 Å². The molecule has 2 nitrogen and oxygen atoms in total. The Bertz CT molecular complexity index is 591. The van der Waals surface area contributed by atoms with Crippen LogP contribution in [0.15, 0.2) is 48.5 Å². The van der Waals surface area contributed by atoms with E-state index in [1.807, 2.05) is 0 Å². The largest absolute Gasteiger partial charge is 0.396 e. The Hall–Kier alpha value is -1.64. The van der Waals surface area contributed by atoms with Crippen LogP contribution in [0.4, 0.5) is 0 Å². The van der Waals surface area contributed by atoms with Gasteiger partial charge in [0, 0.05) is 13.2 Å². The number of nitrogens with zero attached hydrogens (tertiary/aromatic N) is 1. The molecule has 20 heavy (non-hydrogen) atoms. The molecule has 2 aromatic rings. The molecular weight excluding hydrogens is 246 g/mol. The van der Waals surface area contributed by atoms with Gasteiger partial charge < -0.3 is 5.11 Å². The van der Waals surface area contributed by atoms with E-state index in [-0.39, 0.29) is 0 Å². The Morgan fingerprint density at radius 2 is 1.55 bits per heavy atom. The van der Waals surface area contributed by atoms with Crippen molar-refractivity contribution in [3.63, 3.8) is 0 Å². The van der Waals surface area contributed by atoms with Crippen LogP contribution in [0.1, 0.15) is 23.6 Å². The van der Waals surface area contributed by atoms with E-state index in [0.717, 1.165) is 19.5 Å². The molecule has 2 heteroatoms. The van der Waals surface area contributed by atoms with Gasteiger partial charge in [-0.3, -0.25) is 4.90 Å². The lowest BCUT2D eigenvalue weighted by Gasteiger charge is -2.26. The highest BCUT2D eigenvalue weighted by molar-refractivity contribution is 5.78. The molecule has 0 aromatic heterocycles. The molecule has 1 atom stereocenters. The molecule has 1 aliphatic carbocycles. The number of fused-ring (bicyclic) bond motifs is 3. The minimum Gasteiger partial charge on any atom is -0.396 e. The average molecular weight is 265 g/mol. The minimum atomic E-state index is 0.312. The van der Waals surface area contributed by atoms with E-state index in [1.165, 1.54) is 22.3 Å². The summed E-state index contributed by atoms with van der Waals surface area (Å²) < 4.78 is 0. The summed E-state index contributed by atoms with van der Waals surface area (Å²) >= 11 is 0. The lowest BCUT2D eigenvalue weighted by atomic mass is 10.0. The van der Waals surface area contributed by atoms with Crippen molar-refractivity contribution in [1.29, 1.82) is 0 Å². The van der Waals surface area contributed by atoms with Crippen molar-refractivity contribution < 1.29 is 5.11 Å². The molecule has 2 aliphatic rings. The summed E-state index contributed by atoms with van der Waals surface area (Å²) in [6, 6.07) is 17.9. The highest BCUT2D eigenvalue weighted by atomic mass is 16.3. The van der Waals surface area contributed by atoms with Gasteiger partial charge in [0.15, 0.2) is 0 Å². The lowest BCUT2D eigenvalue weighted by Crippen LogP contribution is -2.26. The third-order valence-electron chi connectivity index (χ3n) is 4.74. The summed E-state index contributed by atoms with van der Waals surface area (Å²) in [6.45, 7) is 2.40. The molecule has 4 rings (SSSR count). The number of hydrogen-bond donors (Lipinski definition) is 1. The van der Waals surface area contributed by atoms with Crippen LogP contribution >= 0.6 is 0 Å². The molecule has 2 aromatic carbocycles. The summed E-state index contributed by atoms with van der Waals surface area (Å²) in [6.07, 6.45) is 1.11. The van der Waals surface area contributed by atoms with Gasteiger partial charge in [0.25, 0.3) is 0 Å². The third-order valence-corrected chi connectivity index (χ3v) is 4.74. The summed E-state index contributed by atoms with van der Waals surface area (Å²) in [7, 11) is 0. The summed E-state index contributed by atoms with van der Waals surface area (Å²) in [5.41, 5.74) is 5.60. The third kappa shape index (κ3) is 1.72. The van der Waals surface area contributed by atoms with E-state index in [1.54, 1.807) is 0 Å². The fourth-order valence-electron chi connectivity index (χ4n) is 3.77. The van der Waals surface area contributed by atoms with Gasteiger partial charge in [-0.2, -0.15) is 0 Å². The molecule has 0 radical (unpaired) electrons.